The Balaban J connectivity index is 1.57. The Bertz CT molecular complexity index is 612. The van der Waals surface area contributed by atoms with Crippen LogP contribution in [-0.2, 0) is 14.3 Å². The number of para-hydroxylation sites is 2. The first-order valence-electron chi connectivity index (χ1n) is 7.33. The zero-order valence-corrected chi connectivity index (χ0v) is 11.7. The molecule has 1 heterocycles. The first-order valence-corrected chi connectivity index (χ1v) is 7.33. The van der Waals surface area contributed by atoms with Gasteiger partial charge in [0, 0.05) is 5.92 Å². The van der Waals surface area contributed by atoms with Crippen LogP contribution in [0.1, 0.15) is 12.8 Å². The van der Waals surface area contributed by atoms with Crippen molar-refractivity contribution in [3.05, 3.63) is 24.3 Å². The van der Waals surface area contributed by atoms with Crippen LogP contribution in [0.25, 0.3) is 0 Å². The van der Waals surface area contributed by atoms with Crippen molar-refractivity contribution in [2.45, 2.75) is 18.9 Å². The number of rotatable bonds is 3. The van der Waals surface area contributed by atoms with Crippen molar-refractivity contribution in [2.75, 3.05) is 12.4 Å². The first-order chi connectivity index (χ1) is 10.2. The normalized spacial score (nSPS) is 35.7. The number of hydrogen-bond acceptors (Lipinski definition) is 4. The molecule has 2 bridgehead atoms. The molecular weight excluding hydrogens is 270 g/mol. The quantitative estimate of drug-likeness (QED) is 0.861. The fraction of sp³-hybridized carbons (Fsp3) is 0.500. The van der Waals surface area contributed by atoms with Crippen LogP contribution in [0.15, 0.2) is 24.3 Å². The van der Waals surface area contributed by atoms with Crippen molar-refractivity contribution in [3.63, 3.8) is 0 Å². The molecule has 5 nitrogen and oxygen atoms in total. The van der Waals surface area contributed by atoms with E-state index in [9.17, 15) is 9.59 Å². The number of hydrogen-bond donors (Lipinski definition) is 1. The second kappa shape index (κ2) is 4.48. The summed E-state index contributed by atoms with van der Waals surface area (Å²) < 4.78 is 10.6. The van der Waals surface area contributed by atoms with Gasteiger partial charge in [0.2, 0.25) is 5.91 Å². The molecule has 5 heteroatoms. The SMILES string of the molecule is COc1ccccc1NC(=O)[C@@H]1[C@@H]2C[C@@H]3[C@H]1C(=O)O[C@@H]3C2. The Hall–Kier alpha value is -2.04. The van der Waals surface area contributed by atoms with E-state index in [-0.39, 0.29) is 41.7 Å². The molecule has 3 aliphatic rings. The number of fused-ring (bicyclic) bond motifs is 1. The summed E-state index contributed by atoms with van der Waals surface area (Å²) in [6, 6.07) is 7.31. The van der Waals surface area contributed by atoms with E-state index in [2.05, 4.69) is 5.32 Å². The van der Waals surface area contributed by atoms with Crippen molar-refractivity contribution >= 4 is 17.6 Å². The maximum atomic E-state index is 12.6. The number of esters is 1. The number of anilines is 1. The fourth-order valence-electron chi connectivity index (χ4n) is 4.33. The lowest BCUT2D eigenvalue weighted by molar-refractivity contribution is -0.145. The maximum absolute atomic E-state index is 12.6. The van der Waals surface area contributed by atoms with Crippen molar-refractivity contribution < 1.29 is 19.1 Å². The zero-order valence-electron chi connectivity index (χ0n) is 11.7. The van der Waals surface area contributed by atoms with Gasteiger partial charge in [-0.2, -0.15) is 0 Å². The summed E-state index contributed by atoms with van der Waals surface area (Å²) in [5.74, 6) is 0.358. The fourth-order valence-corrected chi connectivity index (χ4v) is 4.33. The Morgan fingerprint density at radius 3 is 2.95 bits per heavy atom. The van der Waals surface area contributed by atoms with Gasteiger partial charge >= 0.3 is 5.97 Å². The largest absolute Gasteiger partial charge is 0.495 e. The standard InChI is InChI=1S/C16H17NO4/c1-20-11-5-3-2-4-10(11)17-15(18)13-8-6-9-12(7-8)21-16(19)14(9)13/h2-5,8-9,12-14H,6-7H2,1H3,(H,17,18)/t8-,9+,12-,13-,14-/m1/s1. The molecule has 4 rings (SSSR count). The predicted octanol–water partition coefficient (Wildman–Crippen LogP) is 1.83. The van der Waals surface area contributed by atoms with Gasteiger partial charge in [0.15, 0.2) is 0 Å². The van der Waals surface area contributed by atoms with Crippen LogP contribution in [-0.4, -0.2) is 25.1 Å². The smallest absolute Gasteiger partial charge is 0.310 e. The van der Waals surface area contributed by atoms with Crippen molar-refractivity contribution in [1.29, 1.82) is 0 Å². The van der Waals surface area contributed by atoms with Gasteiger partial charge in [-0.15, -0.1) is 0 Å². The number of carbonyl (C=O) groups excluding carboxylic acids is 2. The first kappa shape index (κ1) is 12.7. The monoisotopic (exact) mass is 287 g/mol. The number of nitrogens with one attached hydrogen (secondary N) is 1. The van der Waals surface area contributed by atoms with E-state index in [1.165, 1.54) is 0 Å². The van der Waals surface area contributed by atoms with E-state index in [0.29, 0.717) is 11.4 Å². The Morgan fingerprint density at radius 1 is 1.33 bits per heavy atom. The molecule has 1 aromatic rings. The predicted molar refractivity (Wildman–Crippen MR) is 74.7 cm³/mol. The summed E-state index contributed by atoms with van der Waals surface area (Å²) in [6.45, 7) is 0. The van der Waals surface area contributed by atoms with Crippen LogP contribution in [0.3, 0.4) is 0 Å². The Kier molecular flexibility index (Phi) is 2.71. The summed E-state index contributed by atoms with van der Waals surface area (Å²) in [7, 11) is 1.57. The average molecular weight is 287 g/mol. The van der Waals surface area contributed by atoms with Gasteiger partial charge in [0.25, 0.3) is 0 Å². The molecule has 21 heavy (non-hydrogen) atoms. The molecule has 1 aliphatic heterocycles. The molecule has 0 spiro atoms. The second-order valence-corrected chi connectivity index (χ2v) is 6.11. The molecule has 0 radical (unpaired) electrons. The van der Waals surface area contributed by atoms with Gasteiger partial charge in [0.05, 0.1) is 24.6 Å². The Morgan fingerprint density at radius 2 is 2.14 bits per heavy atom. The van der Waals surface area contributed by atoms with E-state index in [0.717, 1.165) is 12.8 Å². The summed E-state index contributed by atoms with van der Waals surface area (Å²) in [6.07, 6.45) is 1.82. The molecule has 1 N–H and O–H groups in total. The highest BCUT2D eigenvalue weighted by Gasteiger charge is 2.63. The summed E-state index contributed by atoms with van der Waals surface area (Å²) in [5.41, 5.74) is 0.649. The molecule has 2 aliphatic carbocycles. The molecule has 110 valence electrons. The van der Waals surface area contributed by atoms with E-state index in [1.54, 1.807) is 19.2 Å². The maximum Gasteiger partial charge on any atom is 0.310 e. The molecule has 2 saturated carbocycles. The van der Waals surface area contributed by atoms with Crippen LogP contribution in [0.4, 0.5) is 5.69 Å². The molecule has 0 unspecified atom stereocenters. The van der Waals surface area contributed by atoms with Crippen molar-refractivity contribution in [3.8, 4) is 5.75 Å². The summed E-state index contributed by atoms with van der Waals surface area (Å²) in [5, 5.41) is 2.92. The van der Waals surface area contributed by atoms with Gasteiger partial charge in [-0.1, -0.05) is 12.1 Å². The second-order valence-electron chi connectivity index (χ2n) is 6.11. The average Bonchev–Trinajstić information content (AvgIpc) is 3.09. The molecular formula is C16H17NO4. The molecule has 1 amide bonds. The van der Waals surface area contributed by atoms with Crippen LogP contribution in [0.2, 0.25) is 0 Å². The zero-order chi connectivity index (χ0) is 14.6. The minimum atomic E-state index is -0.258. The highest BCUT2D eigenvalue weighted by molar-refractivity contribution is 5.97. The lowest BCUT2D eigenvalue weighted by Crippen LogP contribution is -2.35. The minimum absolute atomic E-state index is 0.0582. The molecule has 3 fully saturated rings. The van der Waals surface area contributed by atoms with Crippen molar-refractivity contribution in [2.24, 2.45) is 23.7 Å². The lowest BCUT2D eigenvalue weighted by atomic mass is 9.79. The van der Waals surface area contributed by atoms with Crippen molar-refractivity contribution in [1.82, 2.24) is 0 Å². The third-order valence-corrected chi connectivity index (χ3v) is 5.15. The number of benzene rings is 1. The van der Waals surface area contributed by atoms with Crippen LogP contribution in [0, 0.1) is 23.7 Å². The third-order valence-electron chi connectivity index (χ3n) is 5.15. The highest BCUT2D eigenvalue weighted by Crippen LogP contribution is 2.57. The van der Waals surface area contributed by atoms with Crippen LogP contribution in [0.5, 0.6) is 5.75 Å². The molecule has 1 aromatic carbocycles. The number of carbonyl (C=O) groups is 2. The highest BCUT2D eigenvalue weighted by atomic mass is 16.6. The van der Waals surface area contributed by atoms with Gasteiger partial charge in [0.1, 0.15) is 11.9 Å². The topological polar surface area (TPSA) is 64.6 Å². The minimum Gasteiger partial charge on any atom is -0.495 e. The van der Waals surface area contributed by atoms with Gasteiger partial charge in [-0.25, -0.2) is 0 Å². The lowest BCUT2D eigenvalue weighted by Gasteiger charge is -2.23. The summed E-state index contributed by atoms with van der Waals surface area (Å²) >= 11 is 0. The van der Waals surface area contributed by atoms with E-state index in [1.807, 2.05) is 12.1 Å². The third kappa shape index (κ3) is 1.76. The van der Waals surface area contributed by atoms with Gasteiger partial charge < -0.3 is 14.8 Å². The van der Waals surface area contributed by atoms with E-state index < -0.39 is 0 Å². The van der Waals surface area contributed by atoms with E-state index >= 15 is 0 Å². The van der Waals surface area contributed by atoms with E-state index in [4.69, 9.17) is 9.47 Å². The number of ether oxygens (including phenoxy) is 2. The molecule has 1 saturated heterocycles. The van der Waals surface area contributed by atoms with Gasteiger partial charge in [-0.3, -0.25) is 9.59 Å². The Labute approximate surface area is 122 Å². The number of methoxy groups -OCH3 is 1. The number of amides is 1. The summed E-state index contributed by atoms with van der Waals surface area (Å²) in [4.78, 5) is 24.6. The van der Waals surface area contributed by atoms with Crippen LogP contribution < -0.4 is 10.1 Å². The molecule has 0 aromatic heterocycles. The molecule has 5 atom stereocenters. The van der Waals surface area contributed by atoms with Gasteiger partial charge in [-0.05, 0) is 30.9 Å². The van der Waals surface area contributed by atoms with Crippen LogP contribution >= 0.6 is 0 Å².